The van der Waals surface area contributed by atoms with Crippen molar-refractivity contribution in [3.8, 4) is 0 Å². The summed E-state index contributed by atoms with van der Waals surface area (Å²) in [6.45, 7) is 2.32. The predicted molar refractivity (Wildman–Crippen MR) is 76.0 cm³/mol. The van der Waals surface area contributed by atoms with Gasteiger partial charge >= 0.3 is 5.97 Å². The quantitative estimate of drug-likeness (QED) is 0.910. The molecule has 19 heavy (non-hydrogen) atoms. The molecular weight excluding hydrogens is 286 g/mol. The number of thioether (sulfide) groups is 1. The van der Waals surface area contributed by atoms with Gasteiger partial charge in [-0.3, -0.25) is 4.79 Å². The highest BCUT2D eigenvalue weighted by atomic mass is 35.5. The molecule has 1 aromatic carbocycles. The molecule has 1 heterocycles. The predicted octanol–water partition coefficient (Wildman–Crippen LogP) is 2.29. The van der Waals surface area contributed by atoms with Crippen LogP contribution < -0.4 is 0 Å². The second-order valence-corrected chi connectivity index (χ2v) is 5.97. The molecule has 102 valence electrons. The van der Waals surface area contributed by atoms with Gasteiger partial charge in [0.1, 0.15) is 6.04 Å². The number of rotatable bonds is 2. The van der Waals surface area contributed by atoms with E-state index < -0.39 is 12.0 Å². The molecular formula is C13H14ClNO3S. The minimum absolute atomic E-state index is 0.308. The van der Waals surface area contributed by atoms with Gasteiger partial charge in [0.2, 0.25) is 0 Å². The Morgan fingerprint density at radius 3 is 2.84 bits per heavy atom. The first-order chi connectivity index (χ1) is 9.00. The van der Waals surface area contributed by atoms with Gasteiger partial charge in [0.15, 0.2) is 0 Å². The van der Waals surface area contributed by atoms with Crippen LogP contribution in [0.25, 0.3) is 0 Å². The summed E-state index contributed by atoms with van der Waals surface area (Å²) in [6, 6.07) is 4.39. The fourth-order valence-corrected chi connectivity index (χ4v) is 3.35. The summed E-state index contributed by atoms with van der Waals surface area (Å²) < 4.78 is 0. The number of carboxylic acids is 1. The summed E-state index contributed by atoms with van der Waals surface area (Å²) in [5.41, 5.74) is 1.33. The van der Waals surface area contributed by atoms with Gasteiger partial charge in [0.05, 0.1) is 10.6 Å². The lowest BCUT2D eigenvalue weighted by molar-refractivity contribution is -0.141. The molecule has 6 heteroatoms. The van der Waals surface area contributed by atoms with Crippen LogP contribution in [0, 0.1) is 6.92 Å². The van der Waals surface area contributed by atoms with Crippen molar-refractivity contribution >= 4 is 35.2 Å². The van der Waals surface area contributed by atoms with E-state index in [1.807, 2.05) is 6.92 Å². The summed E-state index contributed by atoms with van der Waals surface area (Å²) in [5.74, 6) is -0.106. The number of carbonyl (C=O) groups excluding carboxylic acids is 1. The zero-order valence-corrected chi connectivity index (χ0v) is 12.0. The zero-order valence-electron chi connectivity index (χ0n) is 10.4. The number of halogens is 1. The smallest absolute Gasteiger partial charge is 0.327 e. The topological polar surface area (TPSA) is 57.6 Å². The van der Waals surface area contributed by atoms with Crippen LogP contribution in [-0.2, 0) is 4.79 Å². The van der Waals surface area contributed by atoms with E-state index in [-0.39, 0.29) is 5.91 Å². The largest absolute Gasteiger partial charge is 0.480 e. The molecule has 0 bridgehead atoms. The first-order valence-corrected chi connectivity index (χ1v) is 7.41. The third-order valence-electron chi connectivity index (χ3n) is 3.03. The summed E-state index contributed by atoms with van der Waals surface area (Å²) in [5, 5.41) is 9.55. The standard InChI is InChI=1S/C13H14ClNO3S/c1-8-2-3-9(10(14)6-8)12(16)15-4-5-19-7-11(15)13(17)18/h2-3,6,11H,4-5,7H2,1H3,(H,17,18). The van der Waals surface area contributed by atoms with Crippen LogP contribution in [0.15, 0.2) is 18.2 Å². The van der Waals surface area contributed by atoms with E-state index in [1.54, 1.807) is 30.0 Å². The van der Waals surface area contributed by atoms with Gasteiger partial charge in [-0.2, -0.15) is 11.8 Å². The normalized spacial score (nSPS) is 19.3. The van der Waals surface area contributed by atoms with Crippen LogP contribution >= 0.6 is 23.4 Å². The summed E-state index contributed by atoms with van der Waals surface area (Å²) in [6.07, 6.45) is 0. The van der Waals surface area contributed by atoms with E-state index >= 15 is 0 Å². The molecule has 2 rings (SSSR count). The van der Waals surface area contributed by atoms with Crippen LogP contribution in [0.5, 0.6) is 0 Å². The fraction of sp³-hybridized carbons (Fsp3) is 0.385. The van der Waals surface area contributed by atoms with Crippen LogP contribution in [0.1, 0.15) is 15.9 Å². The Labute approximate surface area is 120 Å². The number of aryl methyl sites for hydroxylation is 1. The van der Waals surface area contributed by atoms with Gasteiger partial charge in [0.25, 0.3) is 5.91 Å². The molecule has 0 aliphatic carbocycles. The molecule has 0 aromatic heterocycles. The van der Waals surface area contributed by atoms with Gasteiger partial charge < -0.3 is 10.0 Å². The average molecular weight is 300 g/mol. The van der Waals surface area contributed by atoms with Crippen molar-refractivity contribution in [1.82, 2.24) is 4.90 Å². The van der Waals surface area contributed by atoms with Crippen LogP contribution in [0.2, 0.25) is 5.02 Å². The summed E-state index contributed by atoms with van der Waals surface area (Å²) in [4.78, 5) is 25.0. The number of benzene rings is 1. The maximum absolute atomic E-state index is 12.4. The Bertz CT molecular complexity index is 521. The first kappa shape index (κ1) is 14.2. The van der Waals surface area contributed by atoms with E-state index in [4.69, 9.17) is 11.6 Å². The molecule has 1 aliphatic rings. The molecule has 1 amide bonds. The number of nitrogens with zero attached hydrogens (tertiary/aromatic N) is 1. The lowest BCUT2D eigenvalue weighted by atomic mass is 10.1. The molecule has 4 nitrogen and oxygen atoms in total. The Hall–Kier alpha value is -1.20. The van der Waals surface area contributed by atoms with Gasteiger partial charge in [-0.25, -0.2) is 4.79 Å². The Morgan fingerprint density at radius 1 is 1.47 bits per heavy atom. The van der Waals surface area contributed by atoms with E-state index in [0.29, 0.717) is 22.9 Å². The highest BCUT2D eigenvalue weighted by molar-refractivity contribution is 7.99. The van der Waals surface area contributed by atoms with Gasteiger partial charge in [-0.05, 0) is 24.6 Å². The van der Waals surface area contributed by atoms with Crippen molar-refractivity contribution in [3.05, 3.63) is 34.3 Å². The summed E-state index contributed by atoms with van der Waals surface area (Å²) >= 11 is 7.62. The second-order valence-electron chi connectivity index (χ2n) is 4.41. The van der Waals surface area contributed by atoms with Crippen molar-refractivity contribution in [2.45, 2.75) is 13.0 Å². The Kier molecular flexibility index (Phi) is 4.37. The van der Waals surface area contributed by atoms with Crippen molar-refractivity contribution in [3.63, 3.8) is 0 Å². The highest BCUT2D eigenvalue weighted by Crippen LogP contribution is 2.24. The monoisotopic (exact) mass is 299 g/mol. The number of hydrogen-bond acceptors (Lipinski definition) is 3. The number of hydrogen-bond donors (Lipinski definition) is 1. The van der Waals surface area contributed by atoms with Gasteiger partial charge in [-0.1, -0.05) is 17.7 Å². The molecule has 1 N–H and O–H groups in total. The molecule has 1 aliphatic heterocycles. The molecule has 1 atom stereocenters. The maximum Gasteiger partial charge on any atom is 0.327 e. The first-order valence-electron chi connectivity index (χ1n) is 5.88. The molecule has 1 saturated heterocycles. The third kappa shape index (κ3) is 3.04. The van der Waals surface area contributed by atoms with Crippen LogP contribution in [0.3, 0.4) is 0 Å². The lowest BCUT2D eigenvalue weighted by Crippen LogP contribution is -2.50. The number of aliphatic carboxylic acids is 1. The summed E-state index contributed by atoms with van der Waals surface area (Å²) in [7, 11) is 0. The van der Waals surface area contributed by atoms with Gasteiger partial charge in [-0.15, -0.1) is 0 Å². The van der Waals surface area contributed by atoms with E-state index in [2.05, 4.69) is 0 Å². The molecule has 1 unspecified atom stereocenters. The van der Waals surface area contributed by atoms with Crippen molar-refractivity contribution < 1.29 is 14.7 Å². The number of carboxylic acid groups (broad SMARTS) is 1. The highest BCUT2D eigenvalue weighted by Gasteiger charge is 2.33. The molecule has 0 saturated carbocycles. The molecule has 0 spiro atoms. The van der Waals surface area contributed by atoms with Crippen molar-refractivity contribution in [2.24, 2.45) is 0 Å². The Morgan fingerprint density at radius 2 is 2.21 bits per heavy atom. The SMILES string of the molecule is Cc1ccc(C(=O)N2CCSCC2C(=O)O)c(Cl)c1. The third-order valence-corrected chi connectivity index (χ3v) is 4.36. The molecule has 0 radical (unpaired) electrons. The fourth-order valence-electron chi connectivity index (χ4n) is 2.00. The zero-order chi connectivity index (χ0) is 14.0. The minimum Gasteiger partial charge on any atom is -0.480 e. The molecule has 1 fully saturated rings. The van der Waals surface area contributed by atoms with Crippen LogP contribution in [0.4, 0.5) is 0 Å². The average Bonchev–Trinajstić information content (AvgIpc) is 2.38. The van der Waals surface area contributed by atoms with E-state index in [1.165, 1.54) is 4.90 Å². The van der Waals surface area contributed by atoms with Crippen molar-refractivity contribution in [2.75, 3.05) is 18.1 Å². The van der Waals surface area contributed by atoms with E-state index in [0.717, 1.165) is 11.3 Å². The Balaban J connectivity index is 2.28. The van der Waals surface area contributed by atoms with Crippen LogP contribution in [-0.4, -0.2) is 46.0 Å². The number of amides is 1. The second kappa shape index (κ2) is 5.84. The van der Waals surface area contributed by atoms with Gasteiger partial charge in [0, 0.05) is 18.1 Å². The minimum atomic E-state index is -0.969. The maximum atomic E-state index is 12.4. The van der Waals surface area contributed by atoms with E-state index in [9.17, 15) is 14.7 Å². The molecule has 1 aromatic rings. The van der Waals surface area contributed by atoms with Crippen molar-refractivity contribution in [1.29, 1.82) is 0 Å². The number of carbonyl (C=O) groups is 2. The lowest BCUT2D eigenvalue weighted by Gasteiger charge is -2.32.